The van der Waals surface area contributed by atoms with Crippen LogP contribution < -0.4 is 9.80 Å². The van der Waals surface area contributed by atoms with Crippen molar-refractivity contribution in [3.8, 4) is 11.4 Å². The monoisotopic (exact) mass is 746 g/mol. The molecule has 2 aromatic heterocycles. The molecule has 2 heterocycles. The Labute approximate surface area is 339 Å². The van der Waals surface area contributed by atoms with Gasteiger partial charge in [-0.25, -0.2) is 0 Å². The first-order chi connectivity index (χ1) is 28.8. The summed E-state index contributed by atoms with van der Waals surface area (Å²) < 4.78 is 5.06. The Morgan fingerprint density at radius 1 is 0.328 bits per heavy atom. The van der Waals surface area contributed by atoms with Gasteiger partial charge in [-0.1, -0.05) is 97.1 Å². The first-order valence-corrected chi connectivity index (χ1v) is 20.4. The maximum absolute atomic E-state index is 2.60. The second-order valence-electron chi connectivity index (χ2n) is 15.2. The fourth-order valence-electron chi connectivity index (χ4n) is 9.35. The van der Waals surface area contributed by atoms with Crippen LogP contribution in [-0.4, -0.2) is 9.13 Å². The van der Waals surface area contributed by atoms with E-state index in [1.54, 1.807) is 0 Å². The van der Waals surface area contributed by atoms with Crippen molar-refractivity contribution in [1.29, 1.82) is 0 Å². The Hall–Kier alpha value is -7.30. The van der Waals surface area contributed by atoms with Crippen molar-refractivity contribution >= 4 is 66.8 Å². The van der Waals surface area contributed by atoms with E-state index in [2.05, 4.69) is 225 Å². The van der Waals surface area contributed by atoms with Crippen LogP contribution in [0.15, 0.2) is 206 Å². The van der Waals surface area contributed by atoms with Crippen LogP contribution in [0.25, 0.3) is 44.1 Å². The number of hydrogen-bond donors (Lipinski definition) is 0. The van der Waals surface area contributed by atoms with E-state index in [0.29, 0.717) is 0 Å². The first-order valence-electron chi connectivity index (χ1n) is 20.4. The number of para-hydroxylation sites is 5. The molecule has 0 spiro atoms. The largest absolute Gasteiger partial charge is 0.313 e. The van der Waals surface area contributed by atoms with Gasteiger partial charge in [-0.2, -0.15) is 0 Å². The maximum atomic E-state index is 2.60. The van der Waals surface area contributed by atoms with E-state index >= 15 is 0 Å². The summed E-state index contributed by atoms with van der Waals surface area (Å²) in [5.74, 6) is 0. The minimum atomic E-state index is 1.08. The van der Waals surface area contributed by atoms with E-state index in [4.69, 9.17) is 0 Å². The zero-order valence-corrected chi connectivity index (χ0v) is 32.2. The van der Waals surface area contributed by atoms with E-state index in [0.717, 1.165) is 52.7 Å². The third kappa shape index (κ3) is 5.68. The molecule has 1 aliphatic rings. The Morgan fingerprint density at radius 2 is 0.759 bits per heavy atom. The van der Waals surface area contributed by atoms with Crippen molar-refractivity contribution in [3.63, 3.8) is 0 Å². The normalized spacial score (nSPS) is 12.6. The number of nitrogens with zero attached hydrogens (tertiary/aromatic N) is 4. The topological polar surface area (TPSA) is 16.3 Å². The minimum Gasteiger partial charge on any atom is -0.313 e. The van der Waals surface area contributed by atoms with Gasteiger partial charge in [0.15, 0.2) is 0 Å². The van der Waals surface area contributed by atoms with Gasteiger partial charge >= 0.3 is 0 Å². The first kappa shape index (κ1) is 34.0. The third-order valence-electron chi connectivity index (χ3n) is 11.9. The molecule has 11 rings (SSSR count). The quantitative estimate of drug-likeness (QED) is 0.154. The molecule has 4 nitrogen and oxygen atoms in total. The molecule has 1 aliphatic carbocycles. The van der Waals surface area contributed by atoms with Crippen LogP contribution in [-0.2, 0) is 12.8 Å². The van der Waals surface area contributed by atoms with Gasteiger partial charge in [0.25, 0.3) is 0 Å². The summed E-state index contributed by atoms with van der Waals surface area (Å²) >= 11 is 0. The Bertz CT molecular complexity index is 2940. The van der Waals surface area contributed by atoms with Gasteiger partial charge < -0.3 is 18.9 Å². The van der Waals surface area contributed by atoms with Gasteiger partial charge in [0.2, 0.25) is 0 Å². The molecule has 0 atom stereocenters. The minimum absolute atomic E-state index is 1.08. The molecule has 0 amide bonds. The van der Waals surface area contributed by atoms with Crippen LogP contribution in [0.5, 0.6) is 0 Å². The molecule has 0 bridgehead atoms. The fourth-order valence-corrected chi connectivity index (χ4v) is 9.35. The van der Waals surface area contributed by atoms with E-state index in [-0.39, 0.29) is 0 Å². The SMILES string of the molecule is c1ccc(N(c2ccccc2)c2ccc(-n3c4c(c5ccc6c(c7ccccc7n6-c6ccc(N(c7ccccc7)c7ccccc7)cc6)c53)CCCC4)cc2)cc1. The lowest BCUT2D eigenvalue weighted by Gasteiger charge is -2.26. The molecule has 0 aliphatic heterocycles. The predicted octanol–water partition coefficient (Wildman–Crippen LogP) is 14.5. The number of aryl methyl sites for hydroxylation is 1. The van der Waals surface area contributed by atoms with Crippen LogP contribution >= 0.6 is 0 Å². The highest BCUT2D eigenvalue weighted by atomic mass is 15.1. The molecule has 0 unspecified atom stereocenters. The summed E-state index contributed by atoms with van der Waals surface area (Å²) in [4.78, 5) is 4.66. The van der Waals surface area contributed by atoms with Crippen molar-refractivity contribution in [3.05, 3.63) is 218 Å². The van der Waals surface area contributed by atoms with Crippen molar-refractivity contribution in [2.24, 2.45) is 0 Å². The van der Waals surface area contributed by atoms with Crippen molar-refractivity contribution in [2.75, 3.05) is 9.80 Å². The Kier molecular flexibility index (Phi) is 8.40. The van der Waals surface area contributed by atoms with Crippen molar-refractivity contribution in [2.45, 2.75) is 25.7 Å². The van der Waals surface area contributed by atoms with Crippen LogP contribution in [0.3, 0.4) is 0 Å². The van der Waals surface area contributed by atoms with E-state index in [1.807, 2.05) is 0 Å². The lowest BCUT2D eigenvalue weighted by molar-refractivity contribution is 0.667. The molecular weight excluding hydrogens is 705 g/mol. The highest BCUT2D eigenvalue weighted by Crippen LogP contribution is 2.44. The summed E-state index contributed by atoms with van der Waals surface area (Å²) in [6, 6.07) is 74.5. The molecule has 10 aromatic rings. The maximum Gasteiger partial charge on any atom is 0.0634 e. The molecule has 8 aromatic carbocycles. The van der Waals surface area contributed by atoms with Crippen LogP contribution in [0, 0.1) is 0 Å². The number of aromatic nitrogens is 2. The molecular formula is C54H42N4. The molecule has 4 heteroatoms. The average Bonchev–Trinajstić information content (AvgIpc) is 3.82. The zero-order chi connectivity index (χ0) is 38.4. The van der Waals surface area contributed by atoms with Crippen LogP contribution in [0.4, 0.5) is 34.1 Å². The molecule has 0 fully saturated rings. The third-order valence-corrected chi connectivity index (χ3v) is 11.9. The van der Waals surface area contributed by atoms with E-state index in [9.17, 15) is 0 Å². The molecule has 0 saturated heterocycles. The van der Waals surface area contributed by atoms with E-state index in [1.165, 1.54) is 62.5 Å². The molecule has 0 radical (unpaired) electrons. The standard InChI is InChI=1S/C54H42N4/c1-5-17-39(18-6-1)55(40-19-7-2-8-20-40)43-29-33-45(34-30-43)57-51-28-16-14-26-49(51)53-52(57)38-37-48-47-25-13-15-27-50(47)58(54(48)53)46-35-31-44(32-36-46)56(41-21-9-3-10-22-41)42-23-11-4-12-24-42/h1-12,14,16-24,26,28-38H,13,15,25,27H2. The average molecular weight is 747 g/mol. The smallest absolute Gasteiger partial charge is 0.0634 e. The Morgan fingerprint density at radius 3 is 1.28 bits per heavy atom. The highest BCUT2D eigenvalue weighted by Gasteiger charge is 2.26. The van der Waals surface area contributed by atoms with Crippen molar-refractivity contribution in [1.82, 2.24) is 9.13 Å². The molecule has 0 N–H and O–H groups in total. The molecule has 278 valence electrons. The van der Waals surface area contributed by atoms with Gasteiger partial charge in [-0.3, -0.25) is 0 Å². The van der Waals surface area contributed by atoms with Crippen LogP contribution in [0.2, 0.25) is 0 Å². The van der Waals surface area contributed by atoms with Gasteiger partial charge in [-0.15, -0.1) is 0 Å². The predicted molar refractivity (Wildman–Crippen MR) is 244 cm³/mol. The van der Waals surface area contributed by atoms with Gasteiger partial charge in [-0.05, 0) is 140 Å². The summed E-state index contributed by atoms with van der Waals surface area (Å²) in [6.45, 7) is 0. The molecule has 0 saturated carbocycles. The zero-order valence-electron chi connectivity index (χ0n) is 32.2. The molecule has 58 heavy (non-hydrogen) atoms. The van der Waals surface area contributed by atoms with Gasteiger partial charge in [0, 0.05) is 67.4 Å². The summed E-state index contributed by atoms with van der Waals surface area (Å²) in [5.41, 5.74) is 15.8. The second kappa shape index (κ2) is 14.3. The summed E-state index contributed by atoms with van der Waals surface area (Å²) in [7, 11) is 0. The lowest BCUT2D eigenvalue weighted by Crippen LogP contribution is -2.10. The fraction of sp³-hybridized carbons (Fsp3) is 0.0741. The number of hydrogen-bond acceptors (Lipinski definition) is 2. The number of benzene rings is 8. The number of fused-ring (bicyclic) bond motifs is 7. The number of anilines is 6. The van der Waals surface area contributed by atoms with Crippen molar-refractivity contribution < 1.29 is 0 Å². The van der Waals surface area contributed by atoms with Crippen LogP contribution in [0.1, 0.15) is 24.1 Å². The number of rotatable bonds is 8. The van der Waals surface area contributed by atoms with E-state index < -0.39 is 0 Å². The second-order valence-corrected chi connectivity index (χ2v) is 15.2. The summed E-state index contributed by atoms with van der Waals surface area (Å²) in [6.07, 6.45) is 4.62. The highest BCUT2D eigenvalue weighted by molar-refractivity contribution is 6.21. The summed E-state index contributed by atoms with van der Waals surface area (Å²) in [5, 5.41) is 3.96. The lowest BCUT2D eigenvalue weighted by atomic mass is 9.95. The Balaban J connectivity index is 1.08. The van der Waals surface area contributed by atoms with Gasteiger partial charge in [0.05, 0.1) is 16.6 Å². The van der Waals surface area contributed by atoms with Gasteiger partial charge in [0.1, 0.15) is 0 Å².